The average Bonchev–Trinajstić information content (AvgIpc) is 2.50. The molecule has 0 saturated carbocycles. The van der Waals surface area contributed by atoms with Gasteiger partial charge in [0.15, 0.2) is 0 Å². The van der Waals surface area contributed by atoms with Gasteiger partial charge in [0, 0.05) is 11.8 Å². The molecule has 1 aromatic rings. The van der Waals surface area contributed by atoms with Crippen LogP contribution in [-0.4, -0.2) is 4.98 Å². The zero-order valence-electron chi connectivity index (χ0n) is 6.89. The van der Waals surface area contributed by atoms with E-state index in [0.29, 0.717) is 0 Å². The highest BCUT2D eigenvalue weighted by Crippen LogP contribution is 2.22. The normalized spacial score (nSPS) is 14.3. The molecule has 0 aromatic carbocycles. The van der Waals surface area contributed by atoms with E-state index in [9.17, 15) is 4.79 Å². The highest BCUT2D eigenvalue weighted by molar-refractivity contribution is 5.53. The largest absolute Gasteiger partial charge is 0.326 e. The van der Waals surface area contributed by atoms with Crippen LogP contribution in [0.4, 0.5) is 0 Å². The lowest BCUT2D eigenvalue weighted by molar-refractivity contribution is 0.897. The minimum atomic E-state index is -0.00875. The fourth-order valence-corrected chi connectivity index (χ4v) is 1.80. The van der Waals surface area contributed by atoms with Crippen LogP contribution in [0.15, 0.2) is 17.4 Å². The molecule has 62 valence electrons. The Bertz CT molecular complexity index is 376. The summed E-state index contributed by atoms with van der Waals surface area (Å²) in [6.45, 7) is 3.70. The standard InChI is InChI=1S/C10H11NO/c1-2-7-6-10(12)11-9-5-3-4-8(7)9/h2,6H,1,3-5H2,(H,11,12). The van der Waals surface area contributed by atoms with Gasteiger partial charge in [-0.25, -0.2) is 0 Å². The summed E-state index contributed by atoms with van der Waals surface area (Å²) in [5, 5.41) is 0. The fourth-order valence-electron chi connectivity index (χ4n) is 1.80. The minimum Gasteiger partial charge on any atom is -0.326 e. The lowest BCUT2D eigenvalue weighted by Gasteiger charge is -2.01. The van der Waals surface area contributed by atoms with Gasteiger partial charge in [-0.15, -0.1) is 0 Å². The van der Waals surface area contributed by atoms with E-state index in [2.05, 4.69) is 11.6 Å². The number of aromatic amines is 1. The highest BCUT2D eigenvalue weighted by atomic mass is 16.1. The molecule has 2 rings (SSSR count). The summed E-state index contributed by atoms with van der Waals surface area (Å²) in [6.07, 6.45) is 5.00. The predicted molar refractivity (Wildman–Crippen MR) is 49.2 cm³/mol. The Hall–Kier alpha value is -1.31. The Balaban J connectivity index is 2.70. The Morgan fingerprint density at radius 2 is 2.33 bits per heavy atom. The van der Waals surface area contributed by atoms with E-state index in [4.69, 9.17) is 0 Å². The Morgan fingerprint density at radius 1 is 1.50 bits per heavy atom. The molecule has 0 radical (unpaired) electrons. The third kappa shape index (κ3) is 0.998. The maximum atomic E-state index is 11.1. The van der Waals surface area contributed by atoms with Crippen molar-refractivity contribution in [2.24, 2.45) is 0 Å². The number of hydrogen-bond donors (Lipinski definition) is 1. The number of aryl methyl sites for hydroxylation is 1. The summed E-state index contributed by atoms with van der Waals surface area (Å²) in [6, 6.07) is 1.62. The van der Waals surface area contributed by atoms with Gasteiger partial charge < -0.3 is 4.98 Å². The summed E-state index contributed by atoms with van der Waals surface area (Å²) in [5.41, 5.74) is 3.39. The molecule has 0 atom stereocenters. The van der Waals surface area contributed by atoms with Crippen LogP contribution in [-0.2, 0) is 12.8 Å². The van der Waals surface area contributed by atoms with Crippen molar-refractivity contribution in [1.29, 1.82) is 0 Å². The van der Waals surface area contributed by atoms with Crippen LogP contribution < -0.4 is 5.56 Å². The van der Waals surface area contributed by atoms with E-state index in [1.807, 2.05) is 0 Å². The lowest BCUT2D eigenvalue weighted by atomic mass is 10.1. The Morgan fingerprint density at radius 3 is 3.08 bits per heavy atom. The molecular weight excluding hydrogens is 150 g/mol. The van der Waals surface area contributed by atoms with Crippen LogP contribution in [0.2, 0.25) is 0 Å². The summed E-state index contributed by atoms with van der Waals surface area (Å²) >= 11 is 0. The van der Waals surface area contributed by atoms with Gasteiger partial charge in [-0.1, -0.05) is 12.7 Å². The highest BCUT2D eigenvalue weighted by Gasteiger charge is 2.14. The number of nitrogens with one attached hydrogen (secondary N) is 1. The molecule has 0 aliphatic heterocycles. The van der Waals surface area contributed by atoms with E-state index in [1.54, 1.807) is 12.1 Å². The first-order valence-corrected chi connectivity index (χ1v) is 4.19. The van der Waals surface area contributed by atoms with Crippen LogP contribution in [0.3, 0.4) is 0 Å². The molecule has 0 amide bonds. The van der Waals surface area contributed by atoms with Crippen LogP contribution in [0.1, 0.15) is 23.2 Å². The molecule has 2 nitrogen and oxygen atoms in total. The zero-order valence-corrected chi connectivity index (χ0v) is 6.89. The molecule has 12 heavy (non-hydrogen) atoms. The van der Waals surface area contributed by atoms with Gasteiger partial charge >= 0.3 is 0 Å². The van der Waals surface area contributed by atoms with Gasteiger partial charge in [-0.05, 0) is 30.4 Å². The third-order valence-electron chi connectivity index (χ3n) is 2.35. The van der Waals surface area contributed by atoms with Crippen LogP contribution in [0, 0.1) is 0 Å². The Labute approximate surface area is 70.9 Å². The van der Waals surface area contributed by atoms with E-state index in [0.717, 1.165) is 30.5 Å². The van der Waals surface area contributed by atoms with Crippen molar-refractivity contribution >= 4 is 6.08 Å². The fraction of sp³-hybridized carbons (Fsp3) is 0.300. The van der Waals surface area contributed by atoms with Gasteiger partial charge in [0.05, 0.1) is 0 Å². The van der Waals surface area contributed by atoms with Gasteiger partial charge in [0.25, 0.3) is 0 Å². The number of H-pyrrole nitrogens is 1. The topological polar surface area (TPSA) is 32.9 Å². The van der Waals surface area contributed by atoms with Gasteiger partial charge in [-0.3, -0.25) is 4.79 Å². The van der Waals surface area contributed by atoms with Crippen molar-refractivity contribution < 1.29 is 0 Å². The monoisotopic (exact) mass is 161 g/mol. The molecule has 0 saturated heterocycles. The Kier molecular flexibility index (Phi) is 1.61. The van der Waals surface area contributed by atoms with Crippen molar-refractivity contribution in [1.82, 2.24) is 4.98 Å². The first-order valence-electron chi connectivity index (χ1n) is 4.19. The van der Waals surface area contributed by atoms with Crippen LogP contribution in [0.5, 0.6) is 0 Å². The molecule has 1 aromatic heterocycles. The van der Waals surface area contributed by atoms with E-state index < -0.39 is 0 Å². The molecule has 1 aliphatic rings. The van der Waals surface area contributed by atoms with Crippen molar-refractivity contribution in [3.8, 4) is 0 Å². The molecular formula is C10H11NO. The summed E-state index contributed by atoms with van der Waals surface area (Å²) in [5.74, 6) is 0. The summed E-state index contributed by atoms with van der Waals surface area (Å²) < 4.78 is 0. The number of aromatic nitrogens is 1. The second-order valence-corrected chi connectivity index (χ2v) is 3.10. The SMILES string of the molecule is C=Cc1cc(=O)[nH]c2c1CCC2. The zero-order chi connectivity index (χ0) is 8.55. The number of fused-ring (bicyclic) bond motifs is 1. The quantitative estimate of drug-likeness (QED) is 0.665. The minimum absolute atomic E-state index is 0.00875. The first kappa shape index (κ1) is 7.35. The average molecular weight is 161 g/mol. The lowest BCUT2D eigenvalue weighted by Crippen LogP contribution is -2.08. The third-order valence-corrected chi connectivity index (χ3v) is 2.35. The van der Waals surface area contributed by atoms with Crippen molar-refractivity contribution in [2.45, 2.75) is 19.3 Å². The number of hydrogen-bond acceptors (Lipinski definition) is 1. The summed E-state index contributed by atoms with van der Waals surface area (Å²) in [7, 11) is 0. The second-order valence-electron chi connectivity index (χ2n) is 3.10. The van der Waals surface area contributed by atoms with E-state index in [-0.39, 0.29) is 5.56 Å². The molecule has 0 spiro atoms. The van der Waals surface area contributed by atoms with Crippen LogP contribution >= 0.6 is 0 Å². The van der Waals surface area contributed by atoms with Crippen molar-refractivity contribution in [2.75, 3.05) is 0 Å². The molecule has 0 unspecified atom stereocenters. The number of rotatable bonds is 1. The van der Waals surface area contributed by atoms with Crippen molar-refractivity contribution in [3.05, 3.63) is 39.8 Å². The molecule has 1 N–H and O–H groups in total. The second kappa shape index (κ2) is 2.63. The maximum absolute atomic E-state index is 11.1. The van der Waals surface area contributed by atoms with Gasteiger partial charge in [0.1, 0.15) is 0 Å². The molecule has 1 aliphatic carbocycles. The summed E-state index contributed by atoms with van der Waals surface area (Å²) in [4.78, 5) is 14.0. The van der Waals surface area contributed by atoms with Crippen molar-refractivity contribution in [3.63, 3.8) is 0 Å². The van der Waals surface area contributed by atoms with Gasteiger partial charge in [0.2, 0.25) is 5.56 Å². The molecule has 0 fully saturated rings. The van der Waals surface area contributed by atoms with E-state index >= 15 is 0 Å². The molecule has 1 heterocycles. The predicted octanol–water partition coefficient (Wildman–Crippen LogP) is 1.51. The smallest absolute Gasteiger partial charge is 0.248 e. The number of pyridine rings is 1. The molecule has 2 heteroatoms. The maximum Gasteiger partial charge on any atom is 0.248 e. The van der Waals surface area contributed by atoms with Crippen LogP contribution in [0.25, 0.3) is 6.08 Å². The van der Waals surface area contributed by atoms with E-state index in [1.165, 1.54) is 5.56 Å². The van der Waals surface area contributed by atoms with Gasteiger partial charge in [-0.2, -0.15) is 0 Å². The first-order chi connectivity index (χ1) is 5.81. The molecule has 0 bridgehead atoms.